The zero-order chi connectivity index (χ0) is 91.7. The molecule has 28 heteroatoms. The monoisotopic (exact) mass is 1760 g/mol. The van der Waals surface area contributed by atoms with Crippen LogP contribution in [0.25, 0.3) is 18.2 Å². The van der Waals surface area contributed by atoms with Crippen LogP contribution >= 0.6 is 0 Å². The Morgan fingerprint density at radius 1 is 0.419 bits per heavy atom. The van der Waals surface area contributed by atoms with E-state index >= 15 is 0 Å². The highest BCUT2D eigenvalue weighted by Crippen LogP contribution is 2.34. The predicted octanol–water partition coefficient (Wildman–Crippen LogP) is 11.3. The molecule has 6 atom stereocenters. The number of hydrogen-bond donors (Lipinski definition) is 12. The van der Waals surface area contributed by atoms with Gasteiger partial charge in [0.2, 0.25) is 35.4 Å². The molecule has 0 radical (unpaired) electrons. The molecule has 24 nitrogen and oxygen atoms in total. The topological polar surface area (TPSA) is 378 Å². The number of rotatable bonds is 36. The fraction of sp³-hybridized carbons (Fsp3) is 0.317. The van der Waals surface area contributed by atoms with E-state index < -0.39 is 35.8 Å². The Morgan fingerprint density at radius 2 is 0.729 bits per heavy atom. The molecule has 0 unspecified atom stereocenters. The first-order valence-electron chi connectivity index (χ1n) is 43.9. The van der Waals surface area contributed by atoms with Crippen molar-refractivity contribution in [1.82, 2.24) is 46.6 Å². The van der Waals surface area contributed by atoms with Crippen LogP contribution in [0.15, 0.2) is 294 Å². The SMILES string of the molecule is C/C(=C\c1ccccc1)C(=O)NC[C@@H]1CCN(CC(c2ccccc2)c2ccccc2)C(=O)[C@H](CCCN=C(N)N)N1.NC(N)=NCCC[C@@H]1N[C@H](CNC(=O)/C=C/c2cccc(F)c2)CCN(CC(c2ccccc2)c2ccccc2)C1=O.NC(N)=NCCC[C@@H]1N[C@H](CNC(=O)/C=C/c2ccccc2C(F)(F)F)CCN(CC(c2ccccc2)c2ccccc2)C1=O. The van der Waals surface area contributed by atoms with E-state index in [2.05, 4.69) is 120 Å². The van der Waals surface area contributed by atoms with Crippen molar-refractivity contribution < 1.29 is 46.3 Å². The van der Waals surface area contributed by atoms with Gasteiger partial charge in [-0.25, -0.2) is 4.39 Å². The zero-order valence-corrected chi connectivity index (χ0v) is 72.9. The number of guanidine groups is 3. The number of alkyl halides is 3. The van der Waals surface area contributed by atoms with Gasteiger partial charge in [0.15, 0.2) is 17.9 Å². The largest absolute Gasteiger partial charge is 0.416 e. The molecule has 0 aliphatic carbocycles. The number of nitrogens with zero attached hydrogens (tertiary/aromatic N) is 6. The van der Waals surface area contributed by atoms with Gasteiger partial charge in [0.05, 0.1) is 23.7 Å². The van der Waals surface area contributed by atoms with E-state index in [1.807, 2.05) is 167 Å². The van der Waals surface area contributed by atoms with E-state index in [-0.39, 0.29) is 101 Å². The molecule has 9 aromatic carbocycles. The highest BCUT2D eigenvalue weighted by molar-refractivity contribution is 5.97. The number of hydrogen-bond acceptors (Lipinski definition) is 12. The summed E-state index contributed by atoms with van der Waals surface area (Å²) in [5.74, 6) is -1.18. The standard InChI is InChI=1S/C34H39F3N6O2.C34H42N6O2.C33H39FN6O2/c35-34(36,37)29-15-8-7-14-26(29)17-18-31(44)41-22-27-19-21-43(32(45)30(42-27)16-9-20-40-33(38)39)23-28(24-10-3-1-4-11-24)25-12-5-2-6-13-25;1-25(22-26-12-5-2-6-13-26)32(41)38-23-29-19-21-40(33(42)31(39-29)18-11-20-37-34(35)36)24-30(27-14-7-3-8-15-27)28-16-9-4-10-17-28;34-27-14-7-9-24(21-27)16-17-31(41)38-22-28-18-20-40(32(42)30(39-28)15-8-19-37-33(35)36)23-29(25-10-3-1-4-11-25)26-12-5-2-6-13-26/h1-8,10-15,17-18,27-28,30,42H,9,16,19-23H2,(H,41,44)(H4,38,39,40);2-10,12-17,22,29-31,39H,11,18-21,23-24H2,1H3,(H,38,41)(H4,35,36,37);1-7,9-14,16-17,21,28-30,39H,8,15,18-20,22-23H2,(H,38,41)(H4,35,36,37)/b18-17+;25-22+;17-16+/t27-,30-;29-,31-;28-,30-/m000/s1. The van der Waals surface area contributed by atoms with Gasteiger partial charge >= 0.3 is 6.18 Å². The van der Waals surface area contributed by atoms with E-state index in [0.717, 1.165) is 46.0 Å². The molecular weight excluding hydrogens is 1640 g/mol. The molecule has 3 heterocycles. The molecule has 0 bridgehead atoms. The van der Waals surface area contributed by atoms with Crippen molar-refractivity contribution in [1.29, 1.82) is 0 Å². The lowest BCUT2D eigenvalue weighted by Crippen LogP contribution is -2.49. The third-order valence-electron chi connectivity index (χ3n) is 22.7. The quantitative estimate of drug-likeness (QED) is 0.00571. The van der Waals surface area contributed by atoms with Crippen molar-refractivity contribution in [2.45, 2.75) is 125 Å². The fourth-order valence-corrected chi connectivity index (χ4v) is 16.0. The molecule has 6 amide bonds. The van der Waals surface area contributed by atoms with E-state index in [4.69, 9.17) is 34.4 Å². The summed E-state index contributed by atoms with van der Waals surface area (Å²) in [5, 5.41) is 19.2. The minimum atomic E-state index is -4.53. The maximum atomic E-state index is 13.9. The second-order valence-electron chi connectivity index (χ2n) is 32.2. The molecule has 18 N–H and O–H groups in total. The Morgan fingerprint density at radius 3 is 1.06 bits per heavy atom. The van der Waals surface area contributed by atoms with Gasteiger partial charge in [0, 0.05) is 132 Å². The molecule has 12 rings (SSSR count). The summed E-state index contributed by atoms with van der Waals surface area (Å²) in [7, 11) is 0. The van der Waals surface area contributed by atoms with Crippen LogP contribution in [-0.2, 0) is 34.9 Å². The summed E-state index contributed by atoms with van der Waals surface area (Å²) in [4.78, 5) is 97.8. The van der Waals surface area contributed by atoms with Gasteiger partial charge in [-0.1, -0.05) is 243 Å². The minimum Gasteiger partial charge on any atom is -0.370 e. The molecule has 3 fully saturated rings. The molecular formula is C101H120F4N18O6. The highest BCUT2D eigenvalue weighted by Gasteiger charge is 2.37. The molecule has 3 aliphatic heterocycles. The second-order valence-corrected chi connectivity index (χ2v) is 32.2. The molecule has 678 valence electrons. The van der Waals surface area contributed by atoms with Gasteiger partial charge in [0.25, 0.3) is 0 Å². The van der Waals surface area contributed by atoms with Gasteiger partial charge in [-0.15, -0.1) is 0 Å². The fourth-order valence-electron chi connectivity index (χ4n) is 16.0. The average Bonchev–Trinajstić information content (AvgIpc) is 1.78. The van der Waals surface area contributed by atoms with Crippen LogP contribution in [0.2, 0.25) is 0 Å². The lowest BCUT2D eigenvalue weighted by atomic mass is 9.90. The highest BCUT2D eigenvalue weighted by atomic mass is 19.4. The molecule has 3 saturated heterocycles. The summed E-state index contributed by atoms with van der Waals surface area (Å²) in [6.45, 7) is 7.19. The van der Waals surface area contributed by atoms with Crippen LogP contribution in [0.5, 0.6) is 0 Å². The van der Waals surface area contributed by atoms with Crippen LogP contribution in [0.4, 0.5) is 17.6 Å². The third kappa shape index (κ3) is 32.7. The Balaban J connectivity index is 0.000000201. The summed E-state index contributed by atoms with van der Waals surface area (Å²) in [5.41, 5.74) is 41.0. The summed E-state index contributed by atoms with van der Waals surface area (Å²) < 4.78 is 53.4. The first-order chi connectivity index (χ1) is 62.4. The Kier molecular flexibility index (Phi) is 38.8. The van der Waals surface area contributed by atoms with Crippen molar-refractivity contribution >= 4 is 71.5 Å². The Labute approximate surface area is 753 Å². The molecule has 0 aromatic heterocycles. The van der Waals surface area contributed by atoms with Crippen molar-refractivity contribution in [3.05, 3.63) is 340 Å². The first-order valence-corrected chi connectivity index (χ1v) is 43.9. The van der Waals surface area contributed by atoms with Gasteiger partial charge < -0.3 is 81.0 Å². The van der Waals surface area contributed by atoms with Crippen molar-refractivity contribution in [2.75, 3.05) is 78.5 Å². The Hall–Kier alpha value is -13.6. The maximum Gasteiger partial charge on any atom is 0.416 e. The lowest BCUT2D eigenvalue weighted by molar-refractivity contribution is -0.138. The van der Waals surface area contributed by atoms with Gasteiger partial charge in [-0.2, -0.15) is 13.2 Å². The number of carbonyl (C=O) groups excluding carboxylic acids is 6. The summed E-state index contributed by atoms with van der Waals surface area (Å²) in [6.07, 6.45) is 7.98. The van der Waals surface area contributed by atoms with E-state index in [1.54, 1.807) is 18.2 Å². The third-order valence-corrected chi connectivity index (χ3v) is 22.7. The van der Waals surface area contributed by atoms with E-state index in [1.165, 1.54) is 47.5 Å². The molecule has 129 heavy (non-hydrogen) atoms. The second kappa shape index (κ2) is 51.3. The first kappa shape index (κ1) is 97.6. The van der Waals surface area contributed by atoms with Crippen molar-refractivity contribution in [3.8, 4) is 0 Å². The van der Waals surface area contributed by atoms with E-state index in [0.29, 0.717) is 141 Å². The van der Waals surface area contributed by atoms with Crippen LogP contribution in [0.1, 0.15) is 138 Å². The predicted molar refractivity (Wildman–Crippen MR) is 505 cm³/mol. The van der Waals surface area contributed by atoms with Gasteiger partial charge in [-0.05, 0) is 151 Å². The number of benzene rings is 9. The number of nitrogens with one attached hydrogen (secondary N) is 6. The number of halogens is 4. The average molecular weight is 1760 g/mol. The maximum absolute atomic E-state index is 13.9. The number of amides is 6. The van der Waals surface area contributed by atoms with Crippen molar-refractivity contribution in [3.63, 3.8) is 0 Å². The van der Waals surface area contributed by atoms with E-state index in [9.17, 15) is 46.3 Å². The molecule has 0 saturated carbocycles. The number of nitrogens with two attached hydrogens (primary N) is 6. The molecule has 3 aliphatic rings. The van der Waals surface area contributed by atoms with Crippen LogP contribution in [0.3, 0.4) is 0 Å². The van der Waals surface area contributed by atoms with Crippen LogP contribution in [0, 0.1) is 5.82 Å². The lowest BCUT2D eigenvalue weighted by Gasteiger charge is -2.29. The molecule has 0 spiro atoms. The smallest absolute Gasteiger partial charge is 0.370 e. The summed E-state index contributed by atoms with van der Waals surface area (Å²) >= 11 is 0. The van der Waals surface area contributed by atoms with Crippen LogP contribution in [-0.4, -0.2) is 183 Å². The number of aliphatic imine (C=N–C) groups is 3. The minimum absolute atomic E-state index is 0.0165. The van der Waals surface area contributed by atoms with Crippen LogP contribution < -0.4 is 66.3 Å². The zero-order valence-electron chi connectivity index (χ0n) is 72.9. The summed E-state index contributed by atoms with van der Waals surface area (Å²) in [6, 6.07) is 80.3. The Bertz CT molecular complexity index is 5070. The van der Waals surface area contributed by atoms with Crippen molar-refractivity contribution in [2.24, 2.45) is 49.4 Å². The normalized spacial score (nSPS) is 17.4. The number of carbonyl (C=O) groups is 6. The molecule has 9 aromatic rings. The van der Waals surface area contributed by atoms with Gasteiger partial charge in [-0.3, -0.25) is 43.7 Å². The van der Waals surface area contributed by atoms with Gasteiger partial charge in [0.1, 0.15) is 5.82 Å².